The largest absolute Gasteiger partial charge is 0.356 e. The Morgan fingerprint density at radius 3 is 2.38 bits per heavy atom. The predicted molar refractivity (Wildman–Crippen MR) is 87.3 cm³/mol. The third kappa shape index (κ3) is 3.18. The number of hydrogen-bond acceptors (Lipinski definition) is 1. The molecule has 0 aliphatic carbocycles. The van der Waals surface area contributed by atoms with Crippen molar-refractivity contribution in [2.45, 2.75) is 33.1 Å². The lowest BCUT2D eigenvalue weighted by molar-refractivity contribution is -0.122. The molecule has 0 spiro atoms. The first-order chi connectivity index (χ1) is 10.1. The molecule has 1 aromatic carbocycles. The summed E-state index contributed by atoms with van der Waals surface area (Å²) in [6, 6.07) is 12.6. The summed E-state index contributed by atoms with van der Waals surface area (Å²) < 4.78 is 2.13. The highest BCUT2D eigenvalue weighted by atomic mass is 16.1. The summed E-state index contributed by atoms with van der Waals surface area (Å²) >= 11 is 0. The third-order valence-electron chi connectivity index (χ3n) is 3.94. The molecule has 1 unspecified atom stereocenters. The maximum atomic E-state index is 12.2. The van der Waals surface area contributed by atoms with Gasteiger partial charge >= 0.3 is 0 Å². The highest BCUT2D eigenvalue weighted by molar-refractivity contribution is 5.83. The first kappa shape index (κ1) is 15.4. The molecule has 1 heterocycles. The first-order valence-electron chi connectivity index (χ1n) is 7.58. The number of aryl methyl sites for hydroxylation is 1. The molecule has 1 aromatic heterocycles. The number of rotatable bonds is 5. The molecule has 1 amide bonds. The zero-order chi connectivity index (χ0) is 15.4. The maximum absolute atomic E-state index is 12.2. The lowest BCUT2D eigenvalue weighted by Gasteiger charge is -2.17. The van der Waals surface area contributed by atoms with Crippen molar-refractivity contribution in [2.75, 3.05) is 6.54 Å². The van der Waals surface area contributed by atoms with E-state index in [2.05, 4.69) is 60.1 Å². The number of carbonyl (C=O) groups excluding carboxylic acids is 1. The Morgan fingerprint density at radius 2 is 1.81 bits per heavy atom. The number of amides is 1. The normalized spacial score (nSPS) is 12.2. The molecule has 0 saturated heterocycles. The Bertz CT molecular complexity index is 611. The fourth-order valence-electron chi connectivity index (χ4n) is 2.72. The second-order valence-corrected chi connectivity index (χ2v) is 5.42. The van der Waals surface area contributed by atoms with Gasteiger partial charge in [-0.15, -0.1) is 0 Å². The summed E-state index contributed by atoms with van der Waals surface area (Å²) in [6.45, 7) is 6.76. The fraction of sp³-hybridized carbons (Fsp3) is 0.389. The van der Waals surface area contributed by atoms with Crippen molar-refractivity contribution in [3.63, 3.8) is 0 Å². The molecule has 1 atom stereocenters. The average molecular weight is 284 g/mol. The Morgan fingerprint density at radius 1 is 1.14 bits per heavy atom. The number of hydrogen-bond donors (Lipinski definition) is 1. The minimum atomic E-state index is -0.0888. The Labute approximate surface area is 127 Å². The monoisotopic (exact) mass is 284 g/mol. The van der Waals surface area contributed by atoms with E-state index in [0.29, 0.717) is 6.54 Å². The van der Waals surface area contributed by atoms with Gasteiger partial charge in [-0.2, -0.15) is 0 Å². The number of nitrogens with zero attached hydrogens (tertiary/aromatic N) is 1. The number of aromatic nitrogens is 1. The quantitative estimate of drug-likeness (QED) is 0.893. The Kier molecular flexibility index (Phi) is 4.84. The SMILES string of the molecule is CCNC(=O)C(CC)c1ccc(-c2ccc(C)cc2)n1C. The van der Waals surface area contributed by atoms with Crippen molar-refractivity contribution < 1.29 is 4.79 Å². The van der Waals surface area contributed by atoms with Crippen molar-refractivity contribution in [3.8, 4) is 11.3 Å². The molecule has 0 bridgehead atoms. The number of benzene rings is 1. The molecule has 0 radical (unpaired) electrons. The van der Waals surface area contributed by atoms with Crippen LogP contribution in [0.15, 0.2) is 36.4 Å². The molecule has 1 N–H and O–H groups in total. The smallest absolute Gasteiger partial charge is 0.229 e. The number of likely N-dealkylation sites (N-methyl/N-ethyl adjacent to an activating group) is 1. The van der Waals surface area contributed by atoms with Gasteiger partial charge in [-0.3, -0.25) is 4.79 Å². The lowest BCUT2D eigenvalue weighted by Crippen LogP contribution is -2.29. The molecule has 21 heavy (non-hydrogen) atoms. The molecule has 0 fully saturated rings. The van der Waals surface area contributed by atoms with E-state index in [-0.39, 0.29) is 11.8 Å². The lowest BCUT2D eigenvalue weighted by atomic mass is 10.0. The van der Waals surface area contributed by atoms with Crippen LogP contribution in [0.1, 0.15) is 37.4 Å². The highest BCUT2D eigenvalue weighted by Crippen LogP contribution is 2.27. The molecule has 112 valence electrons. The van der Waals surface area contributed by atoms with Crippen molar-refractivity contribution in [3.05, 3.63) is 47.7 Å². The van der Waals surface area contributed by atoms with Crippen LogP contribution < -0.4 is 5.32 Å². The number of carbonyl (C=O) groups is 1. The molecule has 0 saturated carbocycles. The van der Waals surface area contributed by atoms with Gasteiger partial charge in [0.15, 0.2) is 0 Å². The van der Waals surface area contributed by atoms with E-state index in [4.69, 9.17) is 0 Å². The van der Waals surface area contributed by atoms with Crippen LogP contribution >= 0.6 is 0 Å². The molecular formula is C18H24N2O. The minimum Gasteiger partial charge on any atom is -0.356 e. The van der Waals surface area contributed by atoms with Crippen LogP contribution in [0.2, 0.25) is 0 Å². The van der Waals surface area contributed by atoms with E-state index in [9.17, 15) is 4.79 Å². The van der Waals surface area contributed by atoms with Gasteiger partial charge < -0.3 is 9.88 Å². The van der Waals surface area contributed by atoms with Gasteiger partial charge in [-0.25, -0.2) is 0 Å². The second kappa shape index (κ2) is 6.61. The van der Waals surface area contributed by atoms with E-state index in [1.165, 1.54) is 11.1 Å². The van der Waals surface area contributed by atoms with Crippen molar-refractivity contribution in [2.24, 2.45) is 7.05 Å². The molecule has 3 nitrogen and oxygen atoms in total. The van der Waals surface area contributed by atoms with E-state index >= 15 is 0 Å². The first-order valence-corrected chi connectivity index (χ1v) is 7.58. The summed E-state index contributed by atoms with van der Waals surface area (Å²) in [5.41, 5.74) is 4.65. The predicted octanol–water partition coefficient (Wildman–Crippen LogP) is 3.63. The minimum absolute atomic E-state index is 0.0888. The standard InChI is InChI=1S/C18H24N2O/c1-5-15(18(21)19-6-2)17-12-11-16(20(17)4)14-9-7-13(3)8-10-14/h7-12,15H,5-6H2,1-4H3,(H,19,21). The van der Waals surface area contributed by atoms with Gasteiger partial charge in [0.2, 0.25) is 5.91 Å². The van der Waals surface area contributed by atoms with Gasteiger partial charge in [0.1, 0.15) is 0 Å². The molecule has 2 aromatic rings. The summed E-state index contributed by atoms with van der Waals surface area (Å²) in [5.74, 6) is 0.0193. The maximum Gasteiger partial charge on any atom is 0.229 e. The Balaban J connectivity index is 2.35. The van der Waals surface area contributed by atoms with Crippen LogP contribution in [0, 0.1) is 6.92 Å². The topological polar surface area (TPSA) is 34.0 Å². The molecule has 2 rings (SSSR count). The van der Waals surface area contributed by atoms with Crippen LogP contribution in [-0.2, 0) is 11.8 Å². The summed E-state index contributed by atoms with van der Waals surface area (Å²) in [4.78, 5) is 12.2. The molecule has 0 aliphatic heterocycles. The second-order valence-electron chi connectivity index (χ2n) is 5.42. The molecule has 0 aliphatic rings. The van der Waals surface area contributed by atoms with Crippen LogP contribution in [0.5, 0.6) is 0 Å². The van der Waals surface area contributed by atoms with E-state index in [1.807, 2.05) is 14.0 Å². The van der Waals surface area contributed by atoms with E-state index < -0.39 is 0 Å². The van der Waals surface area contributed by atoms with Crippen LogP contribution in [0.25, 0.3) is 11.3 Å². The summed E-state index contributed by atoms with van der Waals surface area (Å²) in [5, 5.41) is 2.93. The van der Waals surface area contributed by atoms with Crippen molar-refractivity contribution in [1.29, 1.82) is 0 Å². The van der Waals surface area contributed by atoms with Crippen LogP contribution in [0.4, 0.5) is 0 Å². The van der Waals surface area contributed by atoms with Gasteiger partial charge in [-0.05, 0) is 38.0 Å². The molecule has 3 heteroatoms. The van der Waals surface area contributed by atoms with Crippen LogP contribution in [0.3, 0.4) is 0 Å². The average Bonchev–Trinajstić information content (AvgIpc) is 2.83. The Hall–Kier alpha value is -2.03. The van der Waals surface area contributed by atoms with Crippen LogP contribution in [-0.4, -0.2) is 17.0 Å². The van der Waals surface area contributed by atoms with Gasteiger partial charge in [0.25, 0.3) is 0 Å². The molecular weight excluding hydrogens is 260 g/mol. The zero-order valence-electron chi connectivity index (χ0n) is 13.3. The van der Waals surface area contributed by atoms with E-state index in [1.54, 1.807) is 0 Å². The van der Waals surface area contributed by atoms with Crippen molar-refractivity contribution >= 4 is 5.91 Å². The zero-order valence-corrected chi connectivity index (χ0v) is 13.3. The number of nitrogens with one attached hydrogen (secondary N) is 1. The summed E-state index contributed by atoms with van der Waals surface area (Å²) in [6.07, 6.45) is 0.803. The van der Waals surface area contributed by atoms with E-state index in [0.717, 1.165) is 17.8 Å². The highest BCUT2D eigenvalue weighted by Gasteiger charge is 2.21. The third-order valence-corrected chi connectivity index (χ3v) is 3.94. The van der Waals surface area contributed by atoms with Crippen molar-refractivity contribution in [1.82, 2.24) is 9.88 Å². The van der Waals surface area contributed by atoms with Gasteiger partial charge in [0.05, 0.1) is 5.92 Å². The van der Waals surface area contributed by atoms with Gasteiger partial charge in [-0.1, -0.05) is 36.8 Å². The summed E-state index contributed by atoms with van der Waals surface area (Å²) in [7, 11) is 2.03. The fourth-order valence-corrected chi connectivity index (χ4v) is 2.72. The van der Waals surface area contributed by atoms with Gasteiger partial charge in [0, 0.05) is 25.0 Å².